The summed E-state index contributed by atoms with van der Waals surface area (Å²) in [5, 5.41) is 5.70. The van der Waals surface area contributed by atoms with Crippen molar-refractivity contribution in [3.05, 3.63) is 65.0 Å². The van der Waals surface area contributed by atoms with E-state index in [-0.39, 0.29) is 23.3 Å². The molecule has 3 rings (SSSR count). The van der Waals surface area contributed by atoms with Crippen LogP contribution in [0.25, 0.3) is 0 Å². The number of pyridine rings is 1. The molecule has 1 aromatic heterocycles. The third-order valence-corrected chi connectivity index (χ3v) is 6.07. The van der Waals surface area contributed by atoms with E-state index in [9.17, 15) is 14.0 Å². The van der Waals surface area contributed by atoms with Crippen LogP contribution in [0, 0.1) is 0 Å². The molecule has 5 nitrogen and oxygen atoms in total. The summed E-state index contributed by atoms with van der Waals surface area (Å²) in [6, 6.07) is 13.2. The standard InChI is InChI=1S/C25H32FN3O2/c1-18(19-9-4-3-5-10-19)21-15-20(16-22(29-21)24(31)27-2)23(30)11-6-7-12-25(26)13-8-14-28-17-25/h3-5,9-10,15-16,18,28H,6-8,11-14,17H2,1-2H3,(H,27,31)/t18?,25-/m0/s1. The zero-order valence-corrected chi connectivity index (χ0v) is 18.4. The lowest BCUT2D eigenvalue weighted by Gasteiger charge is -2.30. The van der Waals surface area contributed by atoms with E-state index < -0.39 is 5.67 Å². The SMILES string of the molecule is CNC(=O)c1cc(C(=O)CCCC[C@]2(F)CCCNC2)cc(C(C)c2ccccc2)n1. The number of nitrogens with one attached hydrogen (secondary N) is 2. The molecule has 0 saturated carbocycles. The predicted octanol–water partition coefficient (Wildman–Crippen LogP) is 4.43. The first-order valence-corrected chi connectivity index (χ1v) is 11.1. The van der Waals surface area contributed by atoms with Crippen molar-refractivity contribution in [1.29, 1.82) is 0 Å². The van der Waals surface area contributed by atoms with Gasteiger partial charge in [-0.2, -0.15) is 0 Å². The van der Waals surface area contributed by atoms with Gasteiger partial charge in [-0.1, -0.05) is 37.3 Å². The van der Waals surface area contributed by atoms with E-state index in [4.69, 9.17) is 0 Å². The highest BCUT2D eigenvalue weighted by Gasteiger charge is 2.30. The molecule has 1 aliphatic heterocycles. The molecule has 2 N–H and O–H groups in total. The smallest absolute Gasteiger partial charge is 0.269 e. The van der Waals surface area contributed by atoms with E-state index in [0.717, 1.165) is 18.5 Å². The summed E-state index contributed by atoms with van der Waals surface area (Å²) in [7, 11) is 1.55. The Morgan fingerprint density at radius 1 is 1.23 bits per heavy atom. The minimum atomic E-state index is -1.15. The molecule has 1 fully saturated rings. The topological polar surface area (TPSA) is 71.1 Å². The van der Waals surface area contributed by atoms with Crippen LogP contribution in [0.4, 0.5) is 4.39 Å². The number of rotatable bonds is 9. The van der Waals surface area contributed by atoms with Crippen LogP contribution in [-0.4, -0.2) is 42.5 Å². The number of hydrogen-bond donors (Lipinski definition) is 2. The largest absolute Gasteiger partial charge is 0.354 e. The number of carbonyl (C=O) groups excluding carboxylic acids is 2. The number of unbranched alkanes of at least 4 members (excludes halogenated alkanes) is 1. The maximum Gasteiger partial charge on any atom is 0.269 e. The van der Waals surface area contributed by atoms with E-state index in [2.05, 4.69) is 15.6 Å². The molecule has 1 aliphatic rings. The third-order valence-electron chi connectivity index (χ3n) is 6.07. The number of amides is 1. The summed E-state index contributed by atoms with van der Waals surface area (Å²) in [4.78, 5) is 29.6. The van der Waals surface area contributed by atoms with Crippen molar-refractivity contribution < 1.29 is 14.0 Å². The van der Waals surface area contributed by atoms with E-state index in [1.54, 1.807) is 19.2 Å². The van der Waals surface area contributed by atoms with Crippen LogP contribution in [0.5, 0.6) is 0 Å². The Balaban J connectivity index is 1.70. The van der Waals surface area contributed by atoms with Gasteiger partial charge in [-0.3, -0.25) is 9.59 Å². The maximum absolute atomic E-state index is 14.7. The second kappa shape index (κ2) is 10.6. The van der Waals surface area contributed by atoms with Crippen LogP contribution in [0.1, 0.15) is 83.5 Å². The number of benzene rings is 1. The number of aromatic nitrogens is 1. The van der Waals surface area contributed by atoms with E-state index in [1.165, 1.54) is 0 Å². The molecule has 31 heavy (non-hydrogen) atoms. The van der Waals surface area contributed by atoms with Crippen molar-refractivity contribution in [2.45, 2.75) is 57.0 Å². The molecule has 1 amide bonds. The number of piperidine rings is 1. The quantitative estimate of drug-likeness (QED) is 0.461. The Labute approximate surface area is 183 Å². The van der Waals surface area contributed by atoms with Gasteiger partial charge in [0.2, 0.25) is 0 Å². The first kappa shape index (κ1) is 23.1. The number of carbonyl (C=O) groups is 2. The molecule has 6 heteroatoms. The summed E-state index contributed by atoms with van der Waals surface area (Å²) >= 11 is 0. The fourth-order valence-corrected chi connectivity index (χ4v) is 4.11. The molecule has 1 aromatic carbocycles. The first-order valence-electron chi connectivity index (χ1n) is 11.1. The van der Waals surface area contributed by atoms with Crippen molar-refractivity contribution in [2.75, 3.05) is 20.1 Å². The number of hydrogen-bond acceptors (Lipinski definition) is 4. The molecule has 2 heterocycles. The summed E-state index contributed by atoms with van der Waals surface area (Å²) in [6.45, 7) is 3.30. The van der Waals surface area contributed by atoms with Crippen LogP contribution < -0.4 is 10.6 Å². The van der Waals surface area contributed by atoms with Gasteiger partial charge in [-0.25, -0.2) is 9.37 Å². The molecule has 166 valence electrons. The number of halogens is 1. The Morgan fingerprint density at radius 2 is 2.00 bits per heavy atom. The maximum atomic E-state index is 14.7. The molecule has 0 spiro atoms. The zero-order chi connectivity index (χ0) is 22.3. The van der Waals surface area contributed by atoms with Gasteiger partial charge >= 0.3 is 0 Å². The van der Waals surface area contributed by atoms with Crippen molar-refractivity contribution in [2.24, 2.45) is 0 Å². The molecular weight excluding hydrogens is 393 g/mol. The lowest BCUT2D eigenvalue weighted by molar-refractivity contribution is 0.0951. The minimum Gasteiger partial charge on any atom is -0.354 e. The summed E-state index contributed by atoms with van der Waals surface area (Å²) in [5.74, 6) is -0.411. The van der Waals surface area contributed by atoms with Gasteiger partial charge in [-0.05, 0) is 56.3 Å². The van der Waals surface area contributed by atoms with Crippen LogP contribution >= 0.6 is 0 Å². The second-order valence-electron chi connectivity index (χ2n) is 8.44. The highest BCUT2D eigenvalue weighted by atomic mass is 19.1. The van der Waals surface area contributed by atoms with Gasteiger partial charge in [0.1, 0.15) is 11.4 Å². The Morgan fingerprint density at radius 3 is 2.68 bits per heavy atom. The molecule has 0 radical (unpaired) electrons. The monoisotopic (exact) mass is 425 g/mol. The highest BCUT2D eigenvalue weighted by Crippen LogP contribution is 2.28. The summed E-state index contributed by atoms with van der Waals surface area (Å²) in [5.41, 5.74) is 1.33. The lowest BCUT2D eigenvalue weighted by atomic mass is 9.90. The number of nitrogens with zero attached hydrogens (tertiary/aromatic N) is 1. The molecular formula is C25H32FN3O2. The third kappa shape index (κ3) is 6.20. The van der Waals surface area contributed by atoms with E-state index in [1.807, 2.05) is 37.3 Å². The van der Waals surface area contributed by atoms with E-state index >= 15 is 0 Å². The fourth-order valence-electron chi connectivity index (χ4n) is 4.11. The van der Waals surface area contributed by atoms with Crippen LogP contribution in [-0.2, 0) is 0 Å². The van der Waals surface area contributed by atoms with Gasteiger partial charge in [0.25, 0.3) is 5.91 Å². The minimum absolute atomic E-state index is 0.0382. The molecule has 2 atom stereocenters. The summed E-state index contributed by atoms with van der Waals surface area (Å²) in [6.07, 6.45) is 3.56. The van der Waals surface area contributed by atoms with Gasteiger partial charge in [0.15, 0.2) is 5.78 Å². The molecule has 0 bridgehead atoms. The molecule has 1 unspecified atom stereocenters. The van der Waals surface area contributed by atoms with Crippen LogP contribution in [0.15, 0.2) is 42.5 Å². The van der Waals surface area contributed by atoms with Crippen molar-refractivity contribution in [3.63, 3.8) is 0 Å². The number of Topliss-reactive ketones (excluding diaryl/α,β-unsaturated/α-hetero) is 1. The Kier molecular flexibility index (Phi) is 7.91. The first-order chi connectivity index (χ1) is 14.9. The summed E-state index contributed by atoms with van der Waals surface area (Å²) < 4.78 is 14.7. The van der Waals surface area contributed by atoms with Gasteiger partial charge in [0.05, 0.1) is 0 Å². The normalized spacial score (nSPS) is 19.6. The van der Waals surface area contributed by atoms with Crippen molar-refractivity contribution >= 4 is 11.7 Å². The molecule has 1 saturated heterocycles. The van der Waals surface area contributed by atoms with E-state index in [0.29, 0.717) is 49.9 Å². The van der Waals surface area contributed by atoms with Crippen LogP contribution in [0.2, 0.25) is 0 Å². The Bertz CT molecular complexity index is 895. The highest BCUT2D eigenvalue weighted by molar-refractivity contribution is 5.99. The molecule has 0 aliphatic carbocycles. The zero-order valence-electron chi connectivity index (χ0n) is 18.4. The average Bonchev–Trinajstić information content (AvgIpc) is 2.81. The van der Waals surface area contributed by atoms with Crippen molar-refractivity contribution in [3.8, 4) is 0 Å². The second-order valence-corrected chi connectivity index (χ2v) is 8.44. The van der Waals surface area contributed by atoms with Gasteiger partial charge in [0, 0.05) is 37.2 Å². The van der Waals surface area contributed by atoms with Gasteiger partial charge in [-0.15, -0.1) is 0 Å². The molecule has 2 aromatic rings. The number of alkyl halides is 1. The van der Waals surface area contributed by atoms with Gasteiger partial charge < -0.3 is 10.6 Å². The number of ketones is 1. The fraction of sp³-hybridized carbons (Fsp3) is 0.480. The predicted molar refractivity (Wildman–Crippen MR) is 120 cm³/mol. The van der Waals surface area contributed by atoms with Crippen LogP contribution in [0.3, 0.4) is 0 Å². The lowest BCUT2D eigenvalue weighted by Crippen LogP contribution is -2.42. The Hall–Kier alpha value is -2.60. The van der Waals surface area contributed by atoms with Crippen molar-refractivity contribution in [1.82, 2.24) is 15.6 Å². The average molecular weight is 426 g/mol.